The van der Waals surface area contributed by atoms with E-state index in [9.17, 15) is 24.4 Å². The number of amides is 4. The Morgan fingerprint density at radius 3 is 2.32 bits per heavy atom. The highest BCUT2D eigenvalue weighted by Crippen LogP contribution is 2.55. The topological polar surface area (TPSA) is 169 Å². The van der Waals surface area contributed by atoms with Gasteiger partial charge in [0.25, 0.3) is 5.91 Å². The van der Waals surface area contributed by atoms with E-state index in [0.29, 0.717) is 48.0 Å². The van der Waals surface area contributed by atoms with Crippen LogP contribution in [0.15, 0.2) is 36.5 Å². The molecule has 2 atom stereocenters. The number of hydrogen-bond acceptors (Lipinski definition) is 10. The lowest BCUT2D eigenvalue weighted by molar-refractivity contribution is -0.164. The minimum atomic E-state index is -0.785. The normalized spacial score (nSPS) is 22.3. The number of benzene rings is 1. The average Bonchev–Trinajstić information content (AvgIpc) is 3.66. The number of hydrogen-bond donors (Lipinski definition) is 3. The second-order valence-corrected chi connectivity index (χ2v) is 17.7. The molecule has 1 saturated carbocycles. The Labute approximate surface area is 335 Å². The number of piperazine rings is 1. The number of anilines is 1. The van der Waals surface area contributed by atoms with E-state index in [0.717, 1.165) is 38.4 Å². The lowest BCUT2D eigenvalue weighted by atomic mass is 9.49. The van der Waals surface area contributed by atoms with Gasteiger partial charge in [0.2, 0.25) is 17.7 Å². The fraction of sp³-hybridized carbons (Fsp3) is 0.610. The molecule has 3 heterocycles. The predicted molar refractivity (Wildman–Crippen MR) is 213 cm³/mol. The van der Waals surface area contributed by atoms with Crippen LogP contribution in [0.3, 0.4) is 0 Å². The van der Waals surface area contributed by atoms with Crippen molar-refractivity contribution in [3.05, 3.63) is 52.7 Å². The highest BCUT2D eigenvalue weighted by molar-refractivity contribution is 6.31. The molecule has 3 N–H and O–H groups in total. The Morgan fingerprint density at radius 2 is 1.73 bits per heavy atom. The molecular weight excluding hydrogens is 736 g/mol. The van der Waals surface area contributed by atoms with Crippen molar-refractivity contribution in [1.82, 2.24) is 30.7 Å². The van der Waals surface area contributed by atoms with Crippen LogP contribution in [0.5, 0.6) is 5.75 Å². The van der Waals surface area contributed by atoms with Gasteiger partial charge in [-0.1, -0.05) is 60.1 Å². The molecule has 2 aliphatic heterocycles. The molecule has 2 aromatic rings. The molecule has 14 nitrogen and oxygen atoms in total. The van der Waals surface area contributed by atoms with Crippen molar-refractivity contribution in [2.24, 2.45) is 16.2 Å². The summed E-state index contributed by atoms with van der Waals surface area (Å²) in [6, 6.07) is 9.31. The first-order chi connectivity index (χ1) is 26.4. The third-order valence-electron chi connectivity index (χ3n) is 11.4. The lowest BCUT2D eigenvalue weighted by Gasteiger charge is -2.63. The van der Waals surface area contributed by atoms with E-state index in [1.807, 2.05) is 26.8 Å². The molecule has 0 bridgehead atoms. The van der Waals surface area contributed by atoms with Crippen molar-refractivity contribution >= 4 is 41.0 Å². The van der Waals surface area contributed by atoms with Gasteiger partial charge in [-0.3, -0.25) is 24.1 Å². The zero-order chi connectivity index (χ0) is 41.0. The van der Waals surface area contributed by atoms with Crippen molar-refractivity contribution in [2.45, 2.75) is 85.5 Å². The van der Waals surface area contributed by atoms with E-state index in [2.05, 4.69) is 64.5 Å². The Balaban J connectivity index is 1.04. The first kappa shape index (κ1) is 42.7. The number of ether oxygens (including phenoxy) is 2. The number of pyridine rings is 1. The number of nitrogens with one attached hydrogen (secondary N) is 3. The molecule has 2 saturated heterocycles. The van der Waals surface area contributed by atoms with Crippen molar-refractivity contribution in [3.63, 3.8) is 0 Å². The summed E-state index contributed by atoms with van der Waals surface area (Å²) in [6.07, 6.45) is 2.76. The fourth-order valence-electron chi connectivity index (χ4n) is 8.56. The average molecular weight is 793 g/mol. The lowest BCUT2D eigenvalue weighted by Crippen LogP contribution is -2.74. The summed E-state index contributed by atoms with van der Waals surface area (Å²) in [6.45, 7) is 18.3. The van der Waals surface area contributed by atoms with Gasteiger partial charge in [0, 0.05) is 75.5 Å². The van der Waals surface area contributed by atoms with Crippen LogP contribution in [-0.2, 0) is 19.1 Å². The Kier molecular flexibility index (Phi) is 13.2. The second kappa shape index (κ2) is 17.4. The van der Waals surface area contributed by atoms with Gasteiger partial charge < -0.3 is 35.2 Å². The number of rotatable bonds is 13. The maximum atomic E-state index is 13.5. The number of nitriles is 1. The van der Waals surface area contributed by atoms with Crippen LogP contribution in [0, 0.1) is 27.6 Å². The molecule has 304 valence electrons. The van der Waals surface area contributed by atoms with Crippen LogP contribution in [0.2, 0.25) is 5.02 Å². The van der Waals surface area contributed by atoms with E-state index in [-0.39, 0.29) is 53.2 Å². The van der Waals surface area contributed by atoms with E-state index < -0.39 is 17.5 Å². The van der Waals surface area contributed by atoms with Crippen molar-refractivity contribution in [2.75, 3.05) is 64.4 Å². The number of carbonyl (C=O) groups excluding carboxylic acids is 4. The molecule has 3 aliphatic rings. The number of likely N-dealkylation sites (tertiary alicyclic amines) is 1. The molecule has 1 aromatic heterocycles. The summed E-state index contributed by atoms with van der Waals surface area (Å²) in [5.74, 6) is 0.364. The largest absolute Gasteiger partial charge is 0.489 e. The van der Waals surface area contributed by atoms with Crippen molar-refractivity contribution in [1.29, 1.82) is 5.26 Å². The number of halogens is 1. The van der Waals surface area contributed by atoms with Gasteiger partial charge in [-0.05, 0) is 42.5 Å². The van der Waals surface area contributed by atoms with E-state index in [1.54, 1.807) is 42.4 Å². The number of likely N-dealkylation sites (N-methyl/N-ethyl adjacent to an activating group) is 1. The monoisotopic (exact) mass is 792 g/mol. The minimum absolute atomic E-state index is 0.165. The summed E-state index contributed by atoms with van der Waals surface area (Å²) < 4.78 is 12.1. The Bertz CT molecular complexity index is 1780. The zero-order valence-corrected chi connectivity index (χ0v) is 34.7. The van der Waals surface area contributed by atoms with Gasteiger partial charge in [0.15, 0.2) is 0 Å². The van der Waals surface area contributed by atoms with Gasteiger partial charge in [0.1, 0.15) is 42.4 Å². The summed E-state index contributed by atoms with van der Waals surface area (Å²) >= 11 is 6.23. The van der Waals surface area contributed by atoms with Gasteiger partial charge >= 0.3 is 0 Å². The van der Waals surface area contributed by atoms with E-state index in [4.69, 9.17) is 21.1 Å². The molecule has 1 unspecified atom stereocenters. The molecule has 0 spiro atoms. The maximum Gasteiger partial charge on any atom is 0.253 e. The van der Waals surface area contributed by atoms with Gasteiger partial charge in [0.05, 0.1) is 22.8 Å². The number of carbonyl (C=O) groups is 4. The fourth-order valence-corrected chi connectivity index (χ4v) is 8.78. The smallest absolute Gasteiger partial charge is 0.253 e. The molecular formula is C41H57ClN8O6. The molecule has 3 fully saturated rings. The summed E-state index contributed by atoms with van der Waals surface area (Å²) in [4.78, 5) is 62.8. The van der Waals surface area contributed by atoms with Crippen LogP contribution in [0.25, 0.3) is 0 Å². The first-order valence-corrected chi connectivity index (χ1v) is 19.8. The molecule has 0 radical (unpaired) electrons. The third-order valence-corrected chi connectivity index (χ3v) is 11.7. The first-order valence-electron chi connectivity index (χ1n) is 19.4. The van der Waals surface area contributed by atoms with Crippen LogP contribution in [0.1, 0.15) is 77.2 Å². The van der Waals surface area contributed by atoms with Crippen molar-refractivity contribution < 1.29 is 28.7 Å². The second-order valence-electron chi connectivity index (χ2n) is 17.3. The Morgan fingerprint density at radius 1 is 1.04 bits per heavy atom. The highest BCUT2D eigenvalue weighted by atomic mass is 35.5. The summed E-state index contributed by atoms with van der Waals surface area (Å²) in [5, 5.41) is 18.3. The number of nitrogens with zero attached hydrogens (tertiary/aromatic N) is 5. The summed E-state index contributed by atoms with van der Waals surface area (Å²) in [7, 11) is 1.56. The number of aromatic nitrogens is 1. The van der Waals surface area contributed by atoms with Gasteiger partial charge in [-0.2, -0.15) is 5.26 Å². The zero-order valence-electron chi connectivity index (χ0n) is 33.9. The molecule has 1 aromatic carbocycles. The summed E-state index contributed by atoms with van der Waals surface area (Å²) in [5.41, 5.74) is -0.454. The highest BCUT2D eigenvalue weighted by Gasteiger charge is 2.64. The third kappa shape index (κ3) is 9.39. The molecule has 4 amide bonds. The molecule has 1 aliphatic carbocycles. The van der Waals surface area contributed by atoms with Crippen LogP contribution in [-0.4, -0.2) is 122 Å². The van der Waals surface area contributed by atoms with E-state index in [1.165, 1.54) is 0 Å². The predicted octanol–water partition coefficient (Wildman–Crippen LogP) is 3.63. The van der Waals surface area contributed by atoms with Gasteiger partial charge in [-0.15, -0.1) is 0 Å². The molecule has 56 heavy (non-hydrogen) atoms. The molecule has 15 heteroatoms. The van der Waals surface area contributed by atoms with Crippen LogP contribution < -0.4 is 25.6 Å². The quantitative estimate of drug-likeness (QED) is 0.255. The van der Waals surface area contributed by atoms with Crippen LogP contribution in [0.4, 0.5) is 5.82 Å². The minimum Gasteiger partial charge on any atom is -0.489 e. The van der Waals surface area contributed by atoms with E-state index >= 15 is 0 Å². The SMILES string of the molecule is CNC(=O)[C@@H]1CCCN1C(=O)C(NC(=O)COCCN1CCN(c2ccc(C(=O)NC3C(C)(C)C(Oc4ccc(C#N)c(Cl)c4)C3(C)C)cn2)CC1)C(C)(C)C. The standard InChI is InChI=1S/C41H57ClN8O6/c1-39(2,3)33(36(54)50-15-9-10-30(50)35(53)44-8)46-32(51)25-55-21-20-48-16-18-49(19-17-48)31-14-12-27(24-45-31)34(52)47-37-40(4,5)38(41(37,6)7)56-28-13-11-26(23-43)29(42)22-28/h11-14,22,24,30,33,37-38H,9-10,15-21,25H2,1-8H3,(H,44,53)(H,46,51)(H,47,52)/t30-,33?,37?,38?/m0/s1. The Hall–Kier alpha value is -4.45. The van der Waals surface area contributed by atoms with Crippen LogP contribution >= 0.6 is 11.6 Å². The van der Waals surface area contributed by atoms with Crippen molar-refractivity contribution in [3.8, 4) is 11.8 Å². The molecule has 5 rings (SSSR count). The maximum absolute atomic E-state index is 13.5. The van der Waals surface area contributed by atoms with Gasteiger partial charge in [-0.25, -0.2) is 4.98 Å².